The highest BCUT2D eigenvalue weighted by Gasteiger charge is 2.19. The van der Waals surface area contributed by atoms with E-state index in [4.69, 9.17) is 14.2 Å². The molecule has 0 saturated heterocycles. The van der Waals surface area contributed by atoms with Gasteiger partial charge in [0.25, 0.3) is 0 Å². The number of allylic oxidation sites excluding steroid dienone is 17. The minimum atomic E-state index is -0.830. The van der Waals surface area contributed by atoms with Crippen molar-refractivity contribution in [3.8, 4) is 0 Å². The van der Waals surface area contributed by atoms with Crippen LogP contribution in [-0.4, -0.2) is 37.2 Å². The first kappa shape index (κ1) is 53.1. The first-order valence-corrected chi connectivity index (χ1v) is 22.4. The van der Waals surface area contributed by atoms with Crippen molar-refractivity contribution in [2.24, 2.45) is 0 Å². The van der Waals surface area contributed by atoms with Crippen molar-refractivity contribution in [3.05, 3.63) is 109 Å². The molecule has 0 aromatic rings. The van der Waals surface area contributed by atoms with Crippen molar-refractivity contribution in [2.45, 2.75) is 181 Å². The van der Waals surface area contributed by atoms with Crippen molar-refractivity contribution in [1.29, 1.82) is 0 Å². The molecule has 6 heteroatoms. The molecular weight excluding hydrogens is 709 g/mol. The molecule has 0 bridgehead atoms. The summed E-state index contributed by atoms with van der Waals surface area (Å²) >= 11 is 0. The number of rotatable bonds is 38. The molecule has 1 unspecified atom stereocenters. The Morgan fingerprint density at radius 2 is 0.754 bits per heavy atom. The second-order valence-electron chi connectivity index (χ2n) is 14.2. The molecule has 0 N–H and O–H groups in total. The Balaban J connectivity index is 4.48. The Morgan fingerprint density at radius 1 is 0.386 bits per heavy atom. The molecule has 0 aliphatic heterocycles. The van der Waals surface area contributed by atoms with E-state index >= 15 is 0 Å². The minimum absolute atomic E-state index is 0.123. The molecule has 0 fully saturated rings. The summed E-state index contributed by atoms with van der Waals surface area (Å²) in [6, 6.07) is 0. The molecular formula is C51H80O6. The number of esters is 3. The second-order valence-corrected chi connectivity index (χ2v) is 14.2. The zero-order valence-corrected chi connectivity index (χ0v) is 36.3. The normalized spacial score (nSPS) is 13.1. The summed E-state index contributed by atoms with van der Waals surface area (Å²) in [5.41, 5.74) is 0. The van der Waals surface area contributed by atoms with Crippen LogP contribution >= 0.6 is 0 Å². The molecule has 0 heterocycles. The van der Waals surface area contributed by atoms with Crippen molar-refractivity contribution >= 4 is 17.9 Å². The lowest BCUT2D eigenvalue weighted by Gasteiger charge is -2.18. The van der Waals surface area contributed by atoms with Gasteiger partial charge in [0.2, 0.25) is 0 Å². The Labute approximate surface area is 349 Å². The van der Waals surface area contributed by atoms with Gasteiger partial charge in [-0.2, -0.15) is 0 Å². The molecule has 0 aromatic carbocycles. The Kier molecular flexibility index (Phi) is 41.7. The van der Waals surface area contributed by atoms with Gasteiger partial charge in [-0.3, -0.25) is 14.4 Å². The quantitative estimate of drug-likeness (QED) is 0.0268. The molecule has 6 nitrogen and oxygen atoms in total. The topological polar surface area (TPSA) is 78.9 Å². The number of hydrogen-bond acceptors (Lipinski definition) is 6. The number of ether oxygens (including phenoxy) is 3. The summed E-state index contributed by atoms with van der Waals surface area (Å²) in [7, 11) is 0. The summed E-state index contributed by atoms with van der Waals surface area (Å²) in [5.74, 6) is -1.11. The maximum Gasteiger partial charge on any atom is 0.309 e. The molecule has 0 saturated carbocycles. The largest absolute Gasteiger partial charge is 0.462 e. The fourth-order valence-corrected chi connectivity index (χ4v) is 5.45. The molecule has 0 spiro atoms. The summed E-state index contributed by atoms with van der Waals surface area (Å²) in [6.07, 6.45) is 59.7. The van der Waals surface area contributed by atoms with Crippen molar-refractivity contribution < 1.29 is 28.6 Å². The third kappa shape index (κ3) is 43.0. The number of carbonyl (C=O) groups is 3. The third-order valence-electron chi connectivity index (χ3n) is 8.78. The van der Waals surface area contributed by atoms with Gasteiger partial charge in [-0.15, -0.1) is 0 Å². The molecule has 320 valence electrons. The van der Waals surface area contributed by atoms with E-state index < -0.39 is 12.1 Å². The first-order valence-electron chi connectivity index (χ1n) is 22.4. The summed E-state index contributed by atoms with van der Waals surface area (Å²) in [5, 5.41) is 0. The average Bonchev–Trinajstić information content (AvgIpc) is 3.21. The zero-order valence-electron chi connectivity index (χ0n) is 36.3. The number of carbonyl (C=O) groups excluding carboxylic acids is 3. The monoisotopic (exact) mass is 789 g/mol. The van der Waals surface area contributed by atoms with Crippen LogP contribution in [0.4, 0.5) is 0 Å². The highest BCUT2D eigenvalue weighted by Crippen LogP contribution is 2.11. The lowest BCUT2D eigenvalue weighted by atomic mass is 10.1. The average molecular weight is 789 g/mol. The molecule has 0 aromatic heterocycles. The van der Waals surface area contributed by atoms with Gasteiger partial charge in [0, 0.05) is 12.8 Å². The van der Waals surface area contributed by atoms with E-state index in [2.05, 4.69) is 118 Å². The maximum absolute atomic E-state index is 12.7. The highest BCUT2D eigenvalue weighted by molar-refractivity contribution is 5.72. The fraction of sp³-hybridized carbons (Fsp3) is 0.588. The Hall–Kier alpha value is -3.93. The minimum Gasteiger partial charge on any atom is -0.462 e. The van der Waals surface area contributed by atoms with Crippen LogP contribution < -0.4 is 0 Å². The van der Waals surface area contributed by atoms with E-state index in [1.54, 1.807) is 6.08 Å². The molecule has 0 aliphatic carbocycles. The van der Waals surface area contributed by atoms with Crippen LogP contribution in [0.15, 0.2) is 109 Å². The summed E-state index contributed by atoms with van der Waals surface area (Å²) < 4.78 is 16.5. The van der Waals surface area contributed by atoms with Crippen LogP contribution in [-0.2, 0) is 28.6 Å². The van der Waals surface area contributed by atoms with Gasteiger partial charge >= 0.3 is 17.9 Å². The standard InChI is InChI=1S/C51H80O6/c1-4-7-10-13-16-19-21-22-23-24-25-26-27-28-30-32-35-38-41-44-50(53)56-47-48(46-55-49(52)43-40-37-34-31-18-15-12-9-6-3)57-51(54)45-42-39-36-33-29-20-17-14-11-8-5-2/h7,9-10,12,14,16-19,22-23,25-26,28,30-31,37,40,48H,4-6,8,11,13,15,20-21,24,27,29,32-36,38-39,41-47H2,1-3H3/b10-7-,12-9-,17-14-,19-16-,23-22-,26-25-,30-28-,31-18-,40-37-. The Morgan fingerprint density at radius 3 is 1.26 bits per heavy atom. The van der Waals surface area contributed by atoms with E-state index in [0.29, 0.717) is 6.42 Å². The van der Waals surface area contributed by atoms with E-state index in [0.717, 1.165) is 116 Å². The predicted molar refractivity (Wildman–Crippen MR) is 242 cm³/mol. The van der Waals surface area contributed by atoms with Gasteiger partial charge in [-0.05, 0) is 96.3 Å². The molecule has 0 radical (unpaired) electrons. The SMILES string of the molecule is CC/C=C\C/C=C\C/C=C\C/C=C\C/C=C\CCCCCC(=O)OCC(COC(=O)C/C=C\C/C=C\C/C=C\CC)OC(=O)CCCCCCC/C=C\CCCC. The molecule has 57 heavy (non-hydrogen) atoms. The fourth-order valence-electron chi connectivity index (χ4n) is 5.45. The summed E-state index contributed by atoms with van der Waals surface area (Å²) in [6.45, 7) is 6.19. The van der Waals surface area contributed by atoms with Crippen LogP contribution in [0, 0.1) is 0 Å². The lowest BCUT2D eigenvalue weighted by Crippen LogP contribution is -2.30. The summed E-state index contributed by atoms with van der Waals surface area (Å²) in [4.78, 5) is 37.6. The maximum atomic E-state index is 12.7. The van der Waals surface area contributed by atoms with Gasteiger partial charge < -0.3 is 14.2 Å². The number of unbranched alkanes of at least 4 members (excludes halogenated alkanes) is 10. The van der Waals surface area contributed by atoms with E-state index in [1.807, 2.05) is 6.08 Å². The lowest BCUT2D eigenvalue weighted by molar-refractivity contribution is -0.166. The van der Waals surface area contributed by atoms with Crippen LogP contribution in [0.5, 0.6) is 0 Å². The van der Waals surface area contributed by atoms with Crippen molar-refractivity contribution in [1.82, 2.24) is 0 Å². The van der Waals surface area contributed by atoms with Crippen LogP contribution in [0.2, 0.25) is 0 Å². The molecule has 0 aliphatic rings. The van der Waals surface area contributed by atoms with E-state index in [9.17, 15) is 14.4 Å². The van der Waals surface area contributed by atoms with Crippen molar-refractivity contribution in [3.63, 3.8) is 0 Å². The van der Waals surface area contributed by atoms with E-state index in [-0.39, 0.29) is 38.0 Å². The molecule has 0 amide bonds. The van der Waals surface area contributed by atoms with Crippen LogP contribution in [0.1, 0.15) is 175 Å². The predicted octanol–water partition coefficient (Wildman–Crippen LogP) is 14.4. The van der Waals surface area contributed by atoms with E-state index in [1.165, 1.54) is 19.3 Å². The van der Waals surface area contributed by atoms with Gasteiger partial charge in [0.1, 0.15) is 13.2 Å². The third-order valence-corrected chi connectivity index (χ3v) is 8.78. The smallest absolute Gasteiger partial charge is 0.309 e. The Bertz CT molecular complexity index is 1230. The van der Waals surface area contributed by atoms with Crippen LogP contribution in [0.25, 0.3) is 0 Å². The number of hydrogen-bond donors (Lipinski definition) is 0. The van der Waals surface area contributed by atoms with Crippen LogP contribution in [0.3, 0.4) is 0 Å². The van der Waals surface area contributed by atoms with Gasteiger partial charge in [0.15, 0.2) is 6.10 Å². The molecule has 0 rings (SSSR count). The van der Waals surface area contributed by atoms with Gasteiger partial charge in [-0.25, -0.2) is 0 Å². The van der Waals surface area contributed by atoms with Gasteiger partial charge in [0.05, 0.1) is 6.42 Å². The van der Waals surface area contributed by atoms with Gasteiger partial charge in [-0.1, -0.05) is 169 Å². The first-order chi connectivity index (χ1) is 28.0. The highest BCUT2D eigenvalue weighted by atomic mass is 16.6. The molecule has 1 atom stereocenters. The zero-order chi connectivity index (χ0) is 41.5. The van der Waals surface area contributed by atoms with Crippen molar-refractivity contribution in [2.75, 3.05) is 13.2 Å². The second kappa shape index (κ2) is 44.8.